The Balaban J connectivity index is 1.43. The Morgan fingerprint density at radius 2 is 2.11 bits per heavy atom. The summed E-state index contributed by atoms with van der Waals surface area (Å²) in [5.74, 6) is 0.278. The summed E-state index contributed by atoms with van der Waals surface area (Å²) in [5.41, 5.74) is 3.62. The molecule has 1 aliphatic heterocycles. The first-order valence-electron chi connectivity index (χ1n) is 9.12. The van der Waals surface area contributed by atoms with E-state index in [4.69, 9.17) is 4.52 Å². The third-order valence-electron chi connectivity index (χ3n) is 4.94. The van der Waals surface area contributed by atoms with E-state index in [1.807, 2.05) is 54.4 Å². The van der Waals surface area contributed by atoms with Gasteiger partial charge in [-0.25, -0.2) is 4.98 Å². The van der Waals surface area contributed by atoms with Crippen molar-refractivity contribution < 1.29 is 9.32 Å². The van der Waals surface area contributed by atoms with Gasteiger partial charge in [0.05, 0.1) is 6.20 Å². The molecule has 5 rings (SSSR count). The lowest BCUT2D eigenvalue weighted by Crippen LogP contribution is -2.37. The highest BCUT2D eigenvalue weighted by Crippen LogP contribution is 2.27. The van der Waals surface area contributed by atoms with Crippen molar-refractivity contribution >= 4 is 23.3 Å². The molecule has 8 heteroatoms. The molecule has 0 atom stereocenters. The van der Waals surface area contributed by atoms with Crippen molar-refractivity contribution in [2.24, 2.45) is 0 Å². The van der Waals surface area contributed by atoms with E-state index >= 15 is 0 Å². The Kier molecular flexibility index (Phi) is 3.82. The number of carbonyl (C=O) groups excluding carboxylic acids is 1. The second-order valence-corrected chi connectivity index (χ2v) is 6.80. The maximum Gasteiger partial charge on any atom is 0.324 e. The van der Waals surface area contributed by atoms with Crippen LogP contribution >= 0.6 is 0 Å². The molecule has 0 bridgehead atoms. The lowest BCUT2D eigenvalue weighted by molar-refractivity contribution is 0.102. The first-order valence-corrected chi connectivity index (χ1v) is 9.12. The van der Waals surface area contributed by atoms with Crippen molar-refractivity contribution in [2.75, 3.05) is 23.3 Å². The van der Waals surface area contributed by atoms with Crippen molar-refractivity contribution in [1.29, 1.82) is 0 Å². The van der Waals surface area contributed by atoms with Gasteiger partial charge in [-0.15, -0.1) is 0 Å². The molecule has 1 aliphatic rings. The number of aromatic nitrogens is 4. The van der Waals surface area contributed by atoms with E-state index < -0.39 is 0 Å². The van der Waals surface area contributed by atoms with Gasteiger partial charge in [-0.2, -0.15) is 4.98 Å². The predicted octanol–water partition coefficient (Wildman–Crippen LogP) is 3.16. The lowest BCUT2D eigenvalue weighted by atomic mass is 10.1. The Labute approximate surface area is 160 Å². The minimum absolute atomic E-state index is 0.228. The van der Waals surface area contributed by atoms with Gasteiger partial charge < -0.3 is 14.7 Å². The molecule has 0 aliphatic carbocycles. The highest BCUT2D eigenvalue weighted by atomic mass is 16.5. The van der Waals surface area contributed by atoms with E-state index in [0.717, 1.165) is 36.3 Å². The summed E-state index contributed by atoms with van der Waals surface area (Å²) < 4.78 is 7.10. The lowest BCUT2D eigenvalue weighted by Gasteiger charge is -2.28. The fourth-order valence-corrected chi connectivity index (χ4v) is 3.15. The summed E-state index contributed by atoms with van der Waals surface area (Å²) in [6.45, 7) is 3.82. The van der Waals surface area contributed by atoms with Crippen molar-refractivity contribution in [3.8, 4) is 11.4 Å². The molecule has 3 aromatic heterocycles. The maximum atomic E-state index is 12.8. The molecule has 1 fully saturated rings. The van der Waals surface area contributed by atoms with Gasteiger partial charge in [0.2, 0.25) is 5.82 Å². The molecule has 0 spiro atoms. The average molecular weight is 374 g/mol. The van der Waals surface area contributed by atoms with Gasteiger partial charge >= 0.3 is 6.01 Å². The number of pyridine rings is 1. The predicted molar refractivity (Wildman–Crippen MR) is 104 cm³/mol. The normalized spacial score (nSPS) is 13.5. The number of carbonyl (C=O) groups is 1. The van der Waals surface area contributed by atoms with Crippen LogP contribution in [0.3, 0.4) is 0 Å². The minimum atomic E-state index is -0.228. The Bertz CT molecular complexity index is 1170. The van der Waals surface area contributed by atoms with Crippen LogP contribution in [-0.2, 0) is 0 Å². The first-order chi connectivity index (χ1) is 13.7. The highest BCUT2D eigenvalue weighted by molar-refractivity contribution is 6.04. The Morgan fingerprint density at radius 3 is 2.93 bits per heavy atom. The highest BCUT2D eigenvalue weighted by Gasteiger charge is 2.21. The molecule has 140 valence electrons. The van der Waals surface area contributed by atoms with Crippen LogP contribution in [-0.4, -0.2) is 38.5 Å². The molecule has 0 radical (unpaired) electrons. The largest absolute Gasteiger partial charge is 0.324 e. The molecular formula is C20H18N6O2. The van der Waals surface area contributed by atoms with E-state index in [0.29, 0.717) is 23.2 Å². The SMILES string of the molecule is Cc1ccc(-c2noc(N3CCC3)n2)cc1NC(=O)c1cnc2ccccn12. The van der Waals surface area contributed by atoms with Gasteiger partial charge in [0.15, 0.2) is 0 Å². The third kappa shape index (κ3) is 2.79. The van der Waals surface area contributed by atoms with Crippen LogP contribution in [0.5, 0.6) is 0 Å². The zero-order chi connectivity index (χ0) is 19.1. The molecule has 1 amide bonds. The van der Waals surface area contributed by atoms with Crippen molar-refractivity contribution in [2.45, 2.75) is 13.3 Å². The van der Waals surface area contributed by atoms with E-state index in [2.05, 4.69) is 20.4 Å². The molecule has 4 aromatic rings. The van der Waals surface area contributed by atoms with Crippen molar-refractivity contribution in [1.82, 2.24) is 19.5 Å². The van der Waals surface area contributed by atoms with Crippen LogP contribution in [0.25, 0.3) is 17.0 Å². The van der Waals surface area contributed by atoms with E-state index in [-0.39, 0.29) is 5.91 Å². The first kappa shape index (κ1) is 16.5. The average Bonchev–Trinajstić information content (AvgIpc) is 3.29. The maximum absolute atomic E-state index is 12.8. The molecular weight excluding hydrogens is 356 g/mol. The number of fused-ring (bicyclic) bond motifs is 1. The number of rotatable bonds is 4. The van der Waals surface area contributed by atoms with Crippen molar-refractivity contribution in [3.63, 3.8) is 0 Å². The summed E-state index contributed by atoms with van der Waals surface area (Å²) in [6.07, 6.45) is 4.53. The zero-order valence-electron chi connectivity index (χ0n) is 15.3. The fourth-order valence-electron chi connectivity index (χ4n) is 3.15. The summed E-state index contributed by atoms with van der Waals surface area (Å²) in [6, 6.07) is 11.9. The summed E-state index contributed by atoms with van der Waals surface area (Å²) in [7, 11) is 0. The Hall–Kier alpha value is -3.68. The summed E-state index contributed by atoms with van der Waals surface area (Å²) >= 11 is 0. The van der Waals surface area contributed by atoms with Gasteiger partial charge in [-0.05, 0) is 37.1 Å². The molecule has 4 heterocycles. The number of nitrogens with one attached hydrogen (secondary N) is 1. The van der Waals surface area contributed by atoms with E-state index in [1.165, 1.54) is 0 Å². The number of anilines is 2. The van der Waals surface area contributed by atoms with Crippen molar-refractivity contribution in [3.05, 3.63) is 60.0 Å². The number of hydrogen-bond acceptors (Lipinski definition) is 6. The minimum Gasteiger partial charge on any atom is -0.324 e. The number of benzene rings is 1. The fraction of sp³-hybridized carbons (Fsp3) is 0.200. The van der Waals surface area contributed by atoms with Gasteiger partial charge in [0, 0.05) is 30.5 Å². The van der Waals surface area contributed by atoms with Gasteiger partial charge in [-0.3, -0.25) is 9.20 Å². The number of hydrogen-bond donors (Lipinski definition) is 1. The van der Waals surface area contributed by atoms with E-state index in [9.17, 15) is 4.79 Å². The number of amides is 1. The van der Waals surface area contributed by atoms with Gasteiger partial charge in [0.25, 0.3) is 5.91 Å². The molecule has 1 saturated heterocycles. The Morgan fingerprint density at radius 1 is 1.21 bits per heavy atom. The number of nitrogens with zero attached hydrogens (tertiary/aromatic N) is 5. The standard InChI is InChI=1S/C20H18N6O2/c1-13-6-7-14(18-23-20(28-24-18)25-8-4-9-25)11-15(13)22-19(27)16-12-21-17-5-2-3-10-26(16)17/h2-3,5-7,10-12H,4,8-9H2,1H3,(H,22,27). The quantitative estimate of drug-likeness (QED) is 0.590. The third-order valence-corrected chi connectivity index (χ3v) is 4.94. The number of imidazole rings is 1. The van der Waals surface area contributed by atoms with Crippen LogP contribution in [0.15, 0.2) is 53.3 Å². The monoisotopic (exact) mass is 374 g/mol. The van der Waals surface area contributed by atoms with Crippen LogP contribution in [0.4, 0.5) is 11.7 Å². The molecule has 0 unspecified atom stereocenters. The molecule has 8 nitrogen and oxygen atoms in total. The molecule has 1 aromatic carbocycles. The second kappa shape index (κ2) is 6.49. The summed E-state index contributed by atoms with van der Waals surface area (Å²) in [4.78, 5) is 23.6. The zero-order valence-corrected chi connectivity index (χ0v) is 15.3. The van der Waals surface area contributed by atoms with E-state index in [1.54, 1.807) is 10.6 Å². The van der Waals surface area contributed by atoms with Crippen LogP contribution in [0.1, 0.15) is 22.5 Å². The van der Waals surface area contributed by atoms with Gasteiger partial charge in [-0.1, -0.05) is 23.4 Å². The molecule has 28 heavy (non-hydrogen) atoms. The van der Waals surface area contributed by atoms with Crippen LogP contribution in [0.2, 0.25) is 0 Å². The van der Waals surface area contributed by atoms with Gasteiger partial charge in [0.1, 0.15) is 11.3 Å². The topological polar surface area (TPSA) is 88.6 Å². The van der Waals surface area contributed by atoms with Crippen LogP contribution < -0.4 is 10.2 Å². The molecule has 0 saturated carbocycles. The second-order valence-electron chi connectivity index (χ2n) is 6.80. The van der Waals surface area contributed by atoms with Crippen LogP contribution in [0, 0.1) is 6.92 Å². The summed E-state index contributed by atoms with van der Waals surface area (Å²) in [5, 5.41) is 7.05. The number of aryl methyl sites for hydroxylation is 1. The molecule has 1 N–H and O–H groups in total. The smallest absolute Gasteiger partial charge is 0.324 e.